The zero-order valence-electron chi connectivity index (χ0n) is 12.7. The van der Waals surface area contributed by atoms with Crippen LogP contribution in [0.15, 0.2) is 6.07 Å². The number of anilines is 1. The van der Waals surface area contributed by atoms with E-state index in [9.17, 15) is 4.79 Å². The van der Waals surface area contributed by atoms with Gasteiger partial charge in [0, 0.05) is 13.1 Å². The third-order valence-corrected chi connectivity index (χ3v) is 2.93. The van der Waals surface area contributed by atoms with Gasteiger partial charge in [0.25, 0.3) is 0 Å². The lowest BCUT2D eigenvalue weighted by molar-refractivity contribution is 0.0528. The molecule has 5 nitrogen and oxygen atoms in total. The summed E-state index contributed by atoms with van der Waals surface area (Å²) in [6.07, 6.45) is 0.322. The second-order valence-corrected chi connectivity index (χ2v) is 6.38. The number of aryl methyl sites for hydroxylation is 1. The molecular weight excluding hydrogens is 313 g/mol. The van der Waals surface area contributed by atoms with Gasteiger partial charge in [0.05, 0.1) is 5.69 Å². The van der Waals surface area contributed by atoms with E-state index >= 15 is 0 Å². The summed E-state index contributed by atoms with van der Waals surface area (Å²) in [5, 5.41) is 6.60. The fraction of sp³-hybridized carbons (Fsp3) is 0.571. The summed E-state index contributed by atoms with van der Waals surface area (Å²) in [7, 11) is 0. The monoisotopic (exact) mass is 333 g/mol. The molecule has 1 heterocycles. The smallest absolute Gasteiger partial charge is 0.407 e. The maximum absolute atomic E-state index is 11.4. The van der Waals surface area contributed by atoms with Crippen molar-refractivity contribution in [2.75, 3.05) is 18.4 Å². The van der Waals surface area contributed by atoms with Crippen LogP contribution in [0, 0.1) is 6.92 Å². The maximum Gasteiger partial charge on any atom is 0.407 e. The number of carbonyl (C=O) groups is 1. The van der Waals surface area contributed by atoms with Gasteiger partial charge < -0.3 is 15.4 Å². The highest BCUT2D eigenvalue weighted by molar-refractivity contribution is 6.34. The Hall–Kier alpha value is -1.20. The molecule has 0 spiro atoms. The largest absolute Gasteiger partial charge is 0.444 e. The number of pyridine rings is 1. The molecule has 1 amide bonds. The molecule has 0 bridgehead atoms. The predicted molar refractivity (Wildman–Crippen MR) is 86.3 cm³/mol. The number of nitrogens with one attached hydrogen (secondary N) is 2. The van der Waals surface area contributed by atoms with Crippen LogP contribution in [0.3, 0.4) is 0 Å². The third-order valence-electron chi connectivity index (χ3n) is 2.46. The van der Waals surface area contributed by atoms with Gasteiger partial charge >= 0.3 is 6.09 Å². The van der Waals surface area contributed by atoms with Gasteiger partial charge in [-0.3, -0.25) is 0 Å². The molecule has 0 saturated carbocycles. The van der Waals surface area contributed by atoms with Crippen LogP contribution in [0.1, 0.15) is 32.8 Å². The highest BCUT2D eigenvalue weighted by atomic mass is 35.5. The Morgan fingerprint density at radius 3 is 2.57 bits per heavy atom. The van der Waals surface area contributed by atoms with E-state index in [1.54, 1.807) is 6.07 Å². The number of nitrogens with zero attached hydrogens (tertiary/aromatic N) is 1. The zero-order valence-corrected chi connectivity index (χ0v) is 14.2. The van der Waals surface area contributed by atoms with Crippen molar-refractivity contribution in [3.8, 4) is 0 Å². The maximum atomic E-state index is 11.4. The number of amides is 1. The number of aromatic nitrogens is 1. The normalized spacial score (nSPS) is 11.1. The highest BCUT2D eigenvalue weighted by Crippen LogP contribution is 2.26. The molecule has 2 N–H and O–H groups in total. The van der Waals surface area contributed by atoms with Crippen LogP contribution in [0.5, 0.6) is 0 Å². The van der Waals surface area contributed by atoms with Gasteiger partial charge in [-0.2, -0.15) is 0 Å². The molecule has 0 fully saturated rings. The highest BCUT2D eigenvalue weighted by Gasteiger charge is 2.15. The Morgan fingerprint density at radius 1 is 1.33 bits per heavy atom. The van der Waals surface area contributed by atoms with E-state index in [4.69, 9.17) is 27.9 Å². The second kappa shape index (κ2) is 7.71. The number of carbonyl (C=O) groups excluding carboxylic acids is 1. The van der Waals surface area contributed by atoms with Crippen molar-refractivity contribution in [1.29, 1.82) is 0 Å². The molecule has 21 heavy (non-hydrogen) atoms. The van der Waals surface area contributed by atoms with Gasteiger partial charge in [-0.05, 0) is 45.7 Å². The molecule has 0 unspecified atom stereocenters. The van der Waals surface area contributed by atoms with Crippen molar-refractivity contribution in [3.05, 3.63) is 21.9 Å². The summed E-state index contributed by atoms with van der Waals surface area (Å²) in [4.78, 5) is 15.4. The van der Waals surface area contributed by atoms with Gasteiger partial charge in [-0.1, -0.05) is 23.2 Å². The number of ether oxygens (including phenoxy) is 1. The predicted octanol–water partition coefficient (Wildman–Crippen LogP) is 4.02. The van der Waals surface area contributed by atoms with Crippen molar-refractivity contribution in [2.24, 2.45) is 0 Å². The standard InChI is InChI=1S/C14H21Cl2N3O2/c1-9-8-10(15)19-12(16)11(9)17-6-5-7-18-13(20)21-14(2,3)4/h8,17H,5-7H2,1-4H3,(H,18,20). The first-order chi connectivity index (χ1) is 9.69. The van der Waals surface area contributed by atoms with E-state index < -0.39 is 11.7 Å². The first-order valence-electron chi connectivity index (χ1n) is 6.72. The molecule has 0 aliphatic heterocycles. The molecule has 1 aromatic rings. The third kappa shape index (κ3) is 6.87. The minimum Gasteiger partial charge on any atom is -0.444 e. The van der Waals surface area contributed by atoms with Crippen LogP contribution in [-0.2, 0) is 4.74 Å². The fourth-order valence-corrected chi connectivity index (χ4v) is 2.21. The first kappa shape index (κ1) is 17.9. The second-order valence-electron chi connectivity index (χ2n) is 5.64. The average molecular weight is 334 g/mol. The SMILES string of the molecule is Cc1cc(Cl)nc(Cl)c1NCCCNC(=O)OC(C)(C)C. The molecule has 0 aliphatic rings. The zero-order chi connectivity index (χ0) is 16.0. The van der Waals surface area contributed by atoms with Crippen molar-refractivity contribution >= 4 is 35.0 Å². The molecule has 1 aromatic heterocycles. The van der Waals surface area contributed by atoms with E-state index in [1.165, 1.54) is 0 Å². The van der Waals surface area contributed by atoms with Crippen LogP contribution in [0.4, 0.5) is 10.5 Å². The van der Waals surface area contributed by atoms with E-state index in [2.05, 4.69) is 15.6 Å². The molecule has 0 aliphatic carbocycles. The number of hydrogen-bond donors (Lipinski definition) is 2. The Morgan fingerprint density at radius 2 is 2.00 bits per heavy atom. The first-order valence-corrected chi connectivity index (χ1v) is 7.48. The van der Waals surface area contributed by atoms with Crippen molar-refractivity contribution in [1.82, 2.24) is 10.3 Å². The van der Waals surface area contributed by atoms with E-state index in [0.29, 0.717) is 23.4 Å². The van der Waals surface area contributed by atoms with Gasteiger partial charge in [-0.15, -0.1) is 0 Å². The van der Waals surface area contributed by atoms with Gasteiger partial charge in [0.1, 0.15) is 10.8 Å². The van der Waals surface area contributed by atoms with E-state index in [1.807, 2.05) is 27.7 Å². The minimum atomic E-state index is -0.484. The molecule has 1 rings (SSSR count). The fourth-order valence-electron chi connectivity index (χ4n) is 1.61. The molecule has 0 radical (unpaired) electrons. The summed E-state index contributed by atoms with van der Waals surface area (Å²) in [5.41, 5.74) is 1.21. The van der Waals surface area contributed by atoms with Crippen LogP contribution in [0.25, 0.3) is 0 Å². The average Bonchev–Trinajstić information content (AvgIpc) is 2.29. The summed E-state index contributed by atoms with van der Waals surface area (Å²) < 4.78 is 5.14. The number of rotatable bonds is 5. The molecule has 0 atom stereocenters. The van der Waals surface area contributed by atoms with Crippen LogP contribution in [0.2, 0.25) is 10.3 Å². The molecular formula is C14H21Cl2N3O2. The van der Waals surface area contributed by atoms with Crippen LogP contribution < -0.4 is 10.6 Å². The van der Waals surface area contributed by atoms with E-state index in [0.717, 1.165) is 17.7 Å². The van der Waals surface area contributed by atoms with E-state index in [-0.39, 0.29) is 0 Å². The Kier molecular flexibility index (Phi) is 6.55. The lowest BCUT2D eigenvalue weighted by Gasteiger charge is -2.19. The molecule has 0 saturated heterocycles. The topological polar surface area (TPSA) is 63.2 Å². The van der Waals surface area contributed by atoms with Crippen LogP contribution in [-0.4, -0.2) is 29.8 Å². The summed E-state index contributed by atoms with van der Waals surface area (Å²) in [5.74, 6) is 0. The molecule has 0 aromatic carbocycles. The number of halogens is 2. The summed E-state index contributed by atoms with van der Waals surface area (Å²) >= 11 is 11.8. The minimum absolute atomic E-state index is 0.347. The van der Waals surface area contributed by atoms with Crippen molar-refractivity contribution in [3.63, 3.8) is 0 Å². The van der Waals surface area contributed by atoms with Gasteiger partial charge in [-0.25, -0.2) is 9.78 Å². The lowest BCUT2D eigenvalue weighted by atomic mass is 10.2. The summed E-state index contributed by atoms with van der Waals surface area (Å²) in [6, 6.07) is 1.74. The molecule has 7 heteroatoms. The number of hydrogen-bond acceptors (Lipinski definition) is 4. The van der Waals surface area contributed by atoms with Gasteiger partial charge in [0.15, 0.2) is 5.15 Å². The van der Waals surface area contributed by atoms with Crippen molar-refractivity contribution in [2.45, 2.75) is 39.7 Å². The summed E-state index contributed by atoms with van der Waals surface area (Å²) in [6.45, 7) is 8.55. The quantitative estimate of drug-likeness (QED) is 0.630. The Labute approximate surface area is 135 Å². The Bertz CT molecular complexity index is 478. The van der Waals surface area contributed by atoms with Crippen molar-refractivity contribution < 1.29 is 9.53 Å². The van der Waals surface area contributed by atoms with Crippen LogP contribution >= 0.6 is 23.2 Å². The van der Waals surface area contributed by atoms with Gasteiger partial charge in [0.2, 0.25) is 0 Å². The Balaban J connectivity index is 2.31. The number of alkyl carbamates (subject to hydrolysis) is 1. The lowest BCUT2D eigenvalue weighted by Crippen LogP contribution is -2.33. The molecule has 118 valence electrons.